The van der Waals surface area contributed by atoms with E-state index in [-0.39, 0.29) is 0 Å². The maximum atomic E-state index is 3.65. The van der Waals surface area contributed by atoms with Gasteiger partial charge in [-0.25, -0.2) is 0 Å². The topological polar surface area (TPSA) is 12.0 Å². The van der Waals surface area contributed by atoms with E-state index < -0.39 is 0 Å². The first kappa shape index (κ1) is 12.6. The molecule has 0 amide bonds. The fraction of sp³-hybridized carbons (Fsp3) is 0.857. The predicted octanol–water partition coefficient (Wildman–Crippen LogP) is 3.35. The van der Waals surface area contributed by atoms with Crippen molar-refractivity contribution in [3.63, 3.8) is 0 Å². The molecule has 1 rings (SSSR count). The summed E-state index contributed by atoms with van der Waals surface area (Å²) >= 11 is 0. The molecule has 0 radical (unpaired) electrons. The molecule has 15 heavy (non-hydrogen) atoms. The van der Waals surface area contributed by atoms with E-state index in [9.17, 15) is 0 Å². The van der Waals surface area contributed by atoms with Crippen molar-refractivity contribution in [3.05, 3.63) is 0 Å². The molecular weight excluding hydrogens is 182 g/mol. The first-order chi connectivity index (χ1) is 7.29. The molecule has 0 spiro atoms. The van der Waals surface area contributed by atoms with Crippen molar-refractivity contribution in [2.75, 3.05) is 6.54 Å². The second-order valence-electron chi connectivity index (χ2n) is 4.66. The van der Waals surface area contributed by atoms with Crippen LogP contribution >= 0.6 is 0 Å². The van der Waals surface area contributed by atoms with Gasteiger partial charge in [0.2, 0.25) is 0 Å². The Balaban J connectivity index is 2.68. The molecule has 1 nitrogen and oxygen atoms in total. The normalized spacial score (nSPS) is 20.7. The average molecular weight is 207 g/mol. The molecule has 0 heterocycles. The molecule has 1 aliphatic carbocycles. The Morgan fingerprint density at radius 2 is 1.93 bits per heavy atom. The van der Waals surface area contributed by atoms with Gasteiger partial charge in [0.25, 0.3) is 0 Å². The highest BCUT2D eigenvalue weighted by Gasteiger charge is 2.38. The minimum absolute atomic E-state index is 0.542. The number of rotatable bonds is 5. The predicted molar refractivity (Wildman–Crippen MR) is 66.7 cm³/mol. The van der Waals surface area contributed by atoms with E-state index in [4.69, 9.17) is 0 Å². The highest BCUT2D eigenvalue weighted by molar-refractivity contribution is 5.04. The lowest BCUT2D eigenvalue weighted by Gasteiger charge is -2.36. The maximum Gasteiger partial charge on any atom is 0.0248 e. The van der Waals surface area contributed by atoms with Gasteiger partial charge in [0.15, 0.2) is 0 Å². The van der Waals surface area contributed by atoms with Crippen LogP contribution in [-0.2, 0) is 0 Å². The smallest absolute Gasteiger partial charge is 0.0248 e. The number of nitrogens with one attached hydrogen (secondary N) is 1. The van der Waals surface area contributed by atoms with Gasteiger partial charge in [-0.05, 0) is 38.1 Å². The van der Waals surface area contributed by atoms with Crippen LogP contribution in [0.2, 0.25) is 0 Å². The molecule has 0 aliphatic heterocycles. The molecule has 1 aliphatic rings. The van der Waals surface area contributed by atoms with Crippen molar-refractivity contribution in [1.82, 2.24) is 5.32 Å². The van der Waals surface area contributed by atoms with Crippen molar-refractivity contribution < 1.29 is 0 Å². The standard InChI is InChI=1S/C14H25N/c1-4-7-10-13(15-6-3)14(5-2)11-8-9-12-14/h13,15H,5-6,8-12H2,1-3H3. The van der Waals surface area contributed by atoms with E-state index in [0.717, 1.165) is 13.0 Å². The lowest BCUT2D eigenvalue weighted by Crippen LogP contribution is -2.43. The van der Waals surface area contributed by atoms with Crippen LogP contribution < -0.4 is 5.32 Å². The second kappa shape index (κ2) is 6.18. The fourth-order valence-corrected chi connectivity index (χ4v) is 2.98. The van der Waals surface area contributed by atoms with Gasteiger partial charge >= 0.3 is 0 Å². The van der Waals surface area contributed by atoms with Gasteiger partial charge in [-0.3, -0.25) is 0 Å². The van der Waals surface area contributed by atoms with E-state index in [0.29, 0.717) is 11.5 Å². The van der Waals surface area contributed by atoms with Gasteiger partial charge in [0.05, 0.1) is 0 Å². The average Bonchev–Trinajstić information content (AvgIpc) is 2.74. The van der Waals surface area contributed by atoms with Crippen LogP contribution in [-0.4, -0.2) is 12.6 Å². The summed E-state index contributed by atoms with van der Waals surface area (Å²) in [6, 6.07) is 0.613. The molecule has 86 valence electrons. The summed E-state index contributed by atoms with van der Waals surface area (Å²) in [6.07, 6.45) is 7.94. The summed E-state index contributed by atoms with van der Waals surface area (Å²) in [4.78, 5) is 0. The zero-order valence-corrected chi connectivity index (χ0v) is 10.5. The molecule has 1 atom stereocenters. The summed E-state index contributed by atoms with van der Waals surface area (Å²) in [5.41, 5.74) is 0.542. The van der Waals surface area contributed by atoms with E-state index in [1.807, 2.05) is 6.92 Å². The highest BCUT2D eigenvalue weighted by Crippen LogP contribution is 2.44. The van der Waals surface area contributed by atoms with E-state index >= 15 is 0 Å². The van der Waals surface area contributed by atoms with Gasteiger partial charge in [0.1, 0.15) is 0 Å². The summed E-state index contributed by atoms with van der Waals surface area (Å²) < 4.78 is 0. The van der Waals surface area contributed by atoms with Gasteiger partial charge in [-0.2, -0.15) is 0 Å². The lowest BCUT2D eigenvalue weighted by atomic mass is 9.75. The van der Waals surface area contributed by atoms with Crippen molar-refractivity contribution >= 4 is 0 Å². The van der Waals surface area contributed by atoms with E-state index in [1.54, 1.807) is 0 Å². The molecule has 1 fully saturated rings. The number of hydrogen-bond acceptors (Lipinski definition) is 1. The summed E-state index contributed by atoms with van der Waals surface area (Å²) in [7, 11) is 0. The van der Waals surface area contributed by atoms with Gasteiger partial charge in [-0.1, -0.05) is 26.7 Å². The SMILES string of the molecule is CC#CCC(NCC)C1(CC)CCCC1. The number of hydrogen-bond donors (Lipinski definition) is 1. The first-order valence-corrected chi connectivity index (χ1v) is 6.42. The Morgan fingerprint density at radius 1 is 1.27 bits per heavy atom. The monoisotopic (exact) mass is 207 g/mol. The third-order valence-electron chi connectivity index (χ3n) is 3.98. The molecule has 0 saturated heterocycles. The molecule has 1 heteroatoms. The summed E-state index contributed by atoms with van der Waals surface area (Å²) in [6.45, 7) is 7.55. The Morgan fingerprint density at radius 3 is 2.40 bits per heavy atom. The molecule has 0 aromatic carbocycles. The van der Waals surface area contributed by atoms with Crippen LogP contribution in [0.4, 0.5) is 0 Å². The molecule has 1 saturated carbocycles. The Hall–Kier alpha value is -0.480. The first-order valence-electron chi connectivity index (χ1n) is 6.42. The third-order valence-corrected chi connectivity index (χ3v) is 3.98. The maximum absolute atomic E-state index is 3.65. The van der Waals surface area contributed by atoms with Crippen LogP contribution in [0.3, 0.4) is 0 Å². The molecule has 0 bridgehead atoms. The zero-order valence-electron chi connectivity index (χ0n) is 10.5. The molecule has 1 unspecified atom stereocenters. The van der Waals surface area contributed by atoms with Crippen molar-refractivity contribution in [1.29, 1.82) is 0 Å². The van der Waals surface area contributed by atoms with Crippen molar-refractivity contribution in [2.24, 2.45) is 5.41 Å². The molecule has 0 aromatic heterocycles. The Bertz CT molecular complexity index is 227. The van der Waals surface area contributed by atoms with Crippen LogP contribution in [0.5, 0.6) is 0 Å². The second-order valence-corrected chi connectivity index (χ2v) is 4.66. The minimum Gasteiger partial charge on any atom is -0.313 e. The molecular formula is C14H25N. The zero-order chi connectivity index (χ0) is 11.1. The van der Waals surface area contributed by atoms with Crippen LogP contribution in [0.1, 0.15) is 59.3 Å². The fourth-order valence-electron chi connectivity index (χ4n) is 2.98. The van der Waals surface area contributed by atoms with Gasteiger partial charge in [0, 0.05) is 12.5 Å². The summed E-state index contributed by atoms with van der Waals surface area (Å²) in [5.74, 6) is 6.29. The Kier molecular flexibility index (Phi) is 5.19. The van der Waals surface area contributed by atoms with E-state index in [1.165, 1.54) is 32.1 Å². The minimum atomic E-state index is 0.542. The van der Waals surface area contributed by atoms with Crippen molar-refractivity contribution in [3.8, 4) is 11.8 Å². The lowest BCUT2D eigenvalue weighted by molar-refractivity contribution is 0.190. The molecule has 1 N–H and O–H groups in total. The quantitative estimate of drug-likeness (QED) is 0.682. The van der Waals surface area contributed by atoms with Crippen molar-refractivity contribution in [2.45, 2.75) is 65.3 Å². The van der Waals surface area contributed by atoms with Crippen LogP contribution in [0, 0.1) is 17.3 Å². The third kappa shape index (κ3) is 2.98. The van der Waals surface area contributed by atoms with Crippen LogP contribution in [0.15, 0.2) is 0 Å². The molecule has 0 aromatic rings. The van der Waals surface area contributed by atoms with Crippen LogP contribution in [0.25, 0.3) is 0 Å². The highest BCUT2D eigenvalue weighted by atomic mass is 14.9. The Labute approximate surface area is 95.0 Å². The largest absolute Gasteiger partial charge is 0.313 e. The summed E-state index contributed by atoms with van der Waals surface area (Å²) in [5, 5.41) is 3.65. The van der Waals surface area contributed by atoms with E-state index in [2.05, 4.69) is 31.0 Å². The van der Waals surface area contributed by atoms with Gasteiger partial charge in [-0.15, -0.1) is 11.8 Å². The van der Waals surface area contributed by atoms with Gasteiger partial charge < -0.3 is 5.32 Å².